The molecule has 4 aromatic heterocycles. The molecule has 6 aliphatic heterocycles. The van der Waals surface area contributed by atoms with Gasteiger partial charge in [0.15, 0.2) is 23.3 Å². The van der Waals surface area contributed by atoms with E-state index in [1.54, 1.807) is 51.1 Å². The van der Waals surface area contributed by atoms with E-state index in [1.807, 2.05) is 70.9 Å². The molecule has 84 heavy (non-hydrogen) atoms. The molecule has 22 heteroatoms. The zero-order valence-corrected chi connectivity index (χ0v) is 48.1. The van der Waals surface area contributed by atoms with Crippen LogP contribution in [0.2, 0.25) is 0 Å². The quantitative estimate of drug-likeness (QED) is 0.123. The van der Waals surface area contributed by atoms with Gasteiger partial charge in [0.1, 0.15) is 45.7 Å². The van der Waals surface area contributed by atoms with E-state index >= 15 is 0 Å². The van der Waals surface area contributed by atoms with E-state index in [9.17, 15) is 36.7 Å². The molecule has 2 saturated heterocycles. The number of benzene rings is 2. The minimum Gasteiger partial charge on any atom is -0.437 e. The second-order valence-electron chi connectivity index (χ2n) is 23.9. The first-order valence-corrected chi connectivity index (χ1v) is 28.8. The maximum Gasteiger partial charge on any atom is 0.413 e. The lowest BCUT2D eigenvalue weighted by Gasteiger charge is -2.43. The van der Waals surface area contributed by atoms with Crippen LogP contribution in [0.15, 0.2) is 85.5 Å². The number of carbonyl (C=O) groups excluding carboxylic acids is 4. The Bertz CT molecular complexity index is 3250. The first-order chi connectivity index (χ1) is 40.2. The van der Waals surface area contributed by atoms with Crippen molar-refractivity contribution in [2.24, 2.45) is 0 Å². The summed E-state index contributed by atoms with van der Waals surface area (Å²) >= 11 is 0. The average Bonchev–Trinajstić information content (AvgIpc) is 3.95. The third-order valence-corrected chi connectivity index (χ3v) is 18.4. The first-order valence-electron chi connectivity index (χ1n) is 28.8. The van der Waals surface area contributed by atoms with E-state index in [4.69, 9.17) is 28.9 Å². The number of rotatable bonds is 10. The van der Waals surface area contributed by atoms with Crippen LogP contribution in [0.4, 0.5) is 38.8 Å². The lowest BCUT2D eigenvalue weighted by Crippen LogP contribution is -2.50. The molecule has 0 bridgehead atoms. The molecule has 4 atom stereocenters. The molecule has 444 valence electrons. The van der Waals surface area contributed by atoms with E-state index in [-0.39, 0.29) is 48.3 Å². The molecule has 0 aliphatic carbocycles. The van der Waals surface area contributed by atoms with Gasteiger partial charge in [-0.1, -0.05) is 24.3 Å². The van der Waals surface area contributed by atoms with Crippen LogP contribution in [0.1, 0.15) is 161 Å². The molecule has 12 rings (SSSR count). The molecule has 0 unspecified atom stereocenters. The van der Waals surface area contributed by atoms with Gasteiger partial charge in [-0.05, 0) is 101 Å². The average molecular weight is 1160 g/mol. The van der Waals surface area contributed by atoms with Crippen LogP contribution in [-0.4, -0.2) is 103 Å². The van der Waals surface area contributed by atoms with Crippen LogP contribution in [0.25, 0.3) is 0 Å². The van der Waals surface area contributed by atoms with Crippen molar-refractivity contribution in [2.75, 3.05) is 51.0 Å². The number of hydrogen-bond acceptors (Lipinski definition) is 12. The van der Waals surface area contributed by atoms with Gasteiger partial charge in [-0.3, -0.25) is 20.2 Å². The van der Waals surface area contributed by atoms with Crippen molar-refractivity contribution in [3.8, 4) is 0 Å². The van der Waals surface area contributed by atoms with Gasteiger partial charge in [0.25, 0.3) is 0 Å². The van der Waals surface area contributed by atoms with E-state index in [2.05, 4.69) is 20.6 Å². The molecule has 10 heterocycles. The number of imidazole rings is 2. The molecule has 2 N–H and O–H groups in total. The molecule has 2 fully saturated rings. The highest BCUT2D eigenvalue weighted by molar-refractivity contribution is 5.88. The van der Waals surface area contributed by atoms with Crippen LogP contribution in [0, 0.1) is 23.3 Å². The number of nitrogens with zero attached hydrogens (tertiary/aromatic N) is 8. The third-order valence-electron chi connectivity index (χ3n) is 18.4. The standard InChI is InChI=1S/2C31H35F2N5O4/c2*1-30(2,41-3)24-17-35-28-19(9-10-20(18-38(24)28)21-6-4-8-23(32)26(21)33)16-25(39)37-14-11-31(12-15-37)22-7-5-13-34-27(22)36-29(40)42-31/h2*4-8,13,17,19-20H,9-12,14-16,18H2,1-3H3,(H,34,36,40)/t2*19-,20+/m10/s1. The second-order valence-corrected chi connectivity index (χ2v) is 23.9. The summed E-state index contributed by atoms with van der Waals surface area (Å²) in [5, 5.41) is 5.32. The van der Waals surface area contributed by atoms with Crippen molar-refractivity contribution < 1.29 is 55.7 Å². The van der Waals surface area contributed by atoms with Gasteiger partial charge in [-0.15, -0.1) is 0 Å². The third kappa shape index (κ3) is 11.0. The Labute approximate surface area is 484 Å². The van der Waals surface area contributed by atoms with E-state index in [0.29, 0.717) is 113 Å². The number of hydrogen-bond donors (Lipinski definition) is 2. The number of piperidine rings is 2. The van der Waals surface area contributed by atoms with Gasteiger partial charge < -0.3 is 37.9 Å². The number of likely N-dealkylation sites (tertiary alicyclic amines) is 2. The van der Waals surface area contributed by atoms with Gasteiger partial charge in [-0.2, -0.15) is 0 Å². The fourth-order valence-electron chi connectivity index (χ4n) is 13.3. The van der Waals surface area contributed by atoms with Gasteiger partial charge in [0, 0.05) is 139 Å². The van der Waals surface area contributed by atoms with E-state index in [1.165, 1.54) is 12.1 Å². The van der Waals surface area contributed by atoms with Crippen LogP contribution in [0.5, 0.6) is 0 Å². The second kappa shape index (κ2) is 23.0. The molecule has 18 nitrogen and oxygen atoms in total. The summed E-state index contributed by atoms with van der Waals surface area (Å²) in [6.45, 7) is 10.3. The minimum absolute atomic E-state index is 0.0148. The normalized spacial score (nSPS) is 21.6. The largest absolute Gasteiger partial charge is 0.437 e. The van der Waals surface area contributed by atoms with Crippen molar-refractivity contribution >= 4 is 35.6 Å². The monoisotopic (exact) mass is 1160 g/mol. The number of fused-ring (bicyclic) bond motifs is 6. The number of amides is 4. The highest BCUT2D eigenvalue weighted by Crippen LogP contribution is 2.47. The smallest absolute Gasteiger partial charge is 0.413 e. The summed E-state index contributed by atoms with van der Waals surface area (Å²) in [6.07, 6.45) is 10.4. The number of pyridine rings is 2. The van der Waals surface area contributed by atoms with Crippen molar-refractivity contribution in [3.05, 3.63) is 154 Å². The summed E-state index contributed by atoms with van der Waals surface area (Å²) in [5.41, 5.74) is 0.974. The molecule has 6 aliphatic rings. The molecular weight excluding hydrogens is 1090 g/mol. The number of nitrogens with one attached hydrogen (secondary N) is 2. The Hall–Kier alpha value is -7.72. The Morgan fingerprint density at radius 1 is 0.583 bits per heavy atom. The Balaban J connectivity index is 0.000000175. The number of methoxy groups -OCH3 is 2. The zero-order chi connectivity index (χ0) is 59.3. The predicted molar refractivity (Wildman–Crippen MR) is 300 cm³/mol. The molecule has 0 saturated carbocycles. The molecule has 0 radical (unpaired) electrons. The Morgan fingerprint density at radius 2 is 0.976 bits per heavy atom. The molecule has 6 aromatic rings. The van der Waals surface area contributed by atoms with Crippen LogP contribution < -0.4 is 10.6 Å². The van der Waals surface area contributed by atoms with Crippen molar-refractivity contribution in [1.82, 2.24) is 38.9 Å². The van der Waals surface area contributed by atoms with Crippen molar-refractivity contribution in [2.45, 2.75) is 151 Å². The van der Waals surface area contributed by atoms with Crippen LogP contribution in [-0.2, 0) is 64.0 Å². The maximum absolute atomic E-state index is 14.9. The number of carbonyl (C=O) groups is 4. The SMILES string of the molecule is COC(C)(C)c1cnc2n1C[C@@H](c1cccc(F)c1F)CC[C@@H]2CC(=O)N1CCC2(CC1)OC(=O)Nc1ncccc12.COC(C)(C)c1cnc2n1C[C@H](c1cccc(F)c1F)CC[C@H]2CC(=O)N1CCC2(CC1)OC(=O)Nc1ncccc12. The fourth-order valence-corrected chi connectivity index (χ4v) is 13.3. The van der Waals surface area contributed by atoms with Gasteiger partial charge in [0.05, 0.1) is 23.8 Å². The van der Waals surface area contributed by atoms with E-state index < -0.39 is 57.9 Å². The fraction of sp³-hybridized carbons (Fsp3) is 0.484. The molecule has 4 amide bonds. The number of halogens is 4. The number of ether oxygens (including phenoxy) is 4. The van der Waals surface area contributed by atoms with Crippen molar-refractivity contribution in [3.63, 3.8) is 0 Å². The summed E-state index contributed by atoms with van der Waals surface area (Å²) in [4.78, 5) is 73.7. The minimum atomic E-state index is -0.868. The summed E-state index contributed by atoms with van der Waals surface area (Å²) in [7, 11) is 3.25. The lowest BCUT2D eigenvalue weighted by molar-refractivity contribution is -0.137. The lowest BCUT2D eigenvalue weighted by atomic mass is 9.83. The molecule has 2 spiro atoms. The number of anilines is 2. The van der Waals surface area contributed by atoms with Gasteiger partial charge in [-0.25, -0.2) is 47.1 Å². The zero-order valence-electron chi connectivity index (χ0n) is 48.1. The van der Waals surface area contributed by atoms with Crippen LogP contribution in [0.3, 0.4) is 0 Å². The highest BCUT2D eigenvalue weighted by Gasteiger charge is 2.48. The van der Waals surface area contributed by atoms with Crippen molar-refractivity contribution in [1.29, 1.82) is 0 Å². The maximum atomic E-state index is 14.9. The molecule has 2 aromatic carbocycles. The molecular formula is C62H70F4N10O8. The first kappa shape index (κ1) is 58.1. The van der Waals surface area contributed by atoms with E-state index in [0.717, 1.165) is 46.3 Å². The topological polar surface area (TPSA) is 197 Å². The van der Waals surface area contributed by atoms with Crippen LogP contribution >= 0.6 is 0 Å². The Morgan fingerprint density at radius 3 is 1.36 bits per heavy atom. The van der Waals surface area contributed by atoms with Gasteiger partial charge in [0.2, 0.25) is 11.8 Å². The summed E-state index contributed by atoms with van der Waals surface area (Å²) in [6, 6.07) is 16.0. The Kier molecular flexibility index (Phi) is 15.9. The number of aromatic nitrogens is 6. The summed E-state index contributed by atoms with van der Waals surface area (Å²) in [5.74, 6) is -1.93. The highest BCUT2D eigenvalue weighted by atomic mass is 19.2. The summed E-state index contributed by atoms with van der Waals surface area (Å²) < 4.78 is 85.4. The van der Waals surface area contributed by atoms with Gasteiger partial charge >= 0.3 is 12.2 Å². The predicted octanol–water partition coefficient (Wildman–Crippen LogP) is 11.1.